The second-order valence-electron chi connectivity index (χ2n) is 3.26. The van der Waals surface area contributed by atoms with E-state index < -0.39 is 17.8 Å². The van der Waals surface area contributed by atoms with Crippen LogP contribution in [0, 0.1) is 0 Å². The minimum atomic E-state index is -4.49. The fourth-order valence-electron chi connectivity index (χ4n) is 1.27. The summed E-state index contributed by atoms with van der Waals surface area (Å²) in [6.45, 7) is 1.65. The molecular formula is C11H10F3NO2. The number of carboxylic acid groups (broad SMARTS) is 1. The summed E-state index contributed by atoms with van der Waals surface area (Å²) in [5.41, 5.74) is -0.373. The maximum atomic E-state index is 12.4. The monoisotopic (exact) mass is 245 g/mol. The van der Waals surface area contributed by atoms with Gasteiger partial charge in [-0.15, -0.1) is 0 Å². The van der Waals surface area contributed by atoms with E-state index in [1.165, 1.54) is 12.1 Å². The Hall–Kier alpha value is -1.85. The van der Waals surface area contributed by atoms with Crippen molar-refractivity contribution in [2.75, 3.05) is 0 Å². The van der Waals surface area contributed by atoms with E-state index in [0.29, 0.717) is 12.0 Å². The van der Waals surface area contributed by atoms with Crippen LogP contribution >= 0.6 is 0 Å². The number of carboxylic acids is 1. The maximum absolute atomic E-state index is 12.4. The summed E-state index contributed by atoms with van der Waals surface area (Å²) < 4.78 is 37.1. The van der Waals surface area contributed by atoms with Crippen LogP contribution in [0.3, 0.4) is 0 Å². The molecule has 0 saturated carbocycles. The minimum absolute atomic E-state index is 0.220. The van der Waals surface area contributed by atoms with E-state index in [1.54, 1.807) is 6.92 Å². The average molecular weight is 245 g/mol. The molecule has 1 aromatic rings. The van der Waals surface area contributed by atoms with Crippen molar-refractivity contribution in [1.29, 1.82) is 0 Å². The second-order valence-corrected chi connectivity index (χ2v) is 3.26. The molecule has 0 aliphatic heterocycles. The molecule has 0 bridgehead atoms. The summed E-state index contributed by atoms with van der Waals surface area (Å²) in [5, 5.41) is 8.44. The Kier molecular flexibility index (Phi) is 3.88. The van der Waals surface area contributed by atoms with Gasteiger partial charge in [-0.25, -0.2) is 9.78 Å². The number of pyridine rings is 1. The first kappa shape index (κ1) is 13.2. The molecule has 0 aromatic carbocycles. The van der Waals surface area contributed by atoms with Gasteiger partial charge in [-0.3, -0.25) is 0 Å². The van der Waals surface area contributed by atoms with Gasteiger partial charge in [0.05, 0.1) is 0 Å². The Bertz CT molecular complexity index is 453. The van der Waals surface area contributed by atoms with Gasteiger partial charge < -0.3 is 5.11 Å². The summed E-state index contributed by atoms with van der Waals surface area (Å²) in [4.78, 5) is 13.8. The first-order valence-corrected chi connectivity index (χ1v) is 4.82. The van der Waals surface area contributed by atoms with Gasteiger partial charge in [0.2, 0.25) is 0 Å². The van der Waals surface area contributed by atoms with Crippen LogP contribution in [0.15, 0.2) is 18.2 Å². The molecule has 1 N–H and O–H groups in total. The largest absolute Gasteiger partial charge is 0.478 e. The lowest BCUT2D eigenvalue weighted by molar-refractivity contribution is -0.141. The number of halogens is 3. The second kappa shape index (κ2) is 4.99. The molecule has 0 aliphatic carbocycles. The van der Waals surface area contributed by atoms with Crippen LogP contribution in [-0.2, 0) is 17.4 Å². The SMILES string of the molecule is CCc1nc(C(F)(F)F)ccc1C=CC(=O)O. The molecule has 17 heavy (non-hydrogen) atoms. The zero-order valence-corrected chi connectivity index (χ0v) is 8.95. The normalized spacial score (nSPS) is 12.0. The van der Waals surface area contributed by atoms with Gasteiger partial charge in [0, 0.05) is 11.8 Å². The Balaban J connectivity index is 3.14. The third-order valence-corrected chi connectivity index (χ3v) is 2.04. The number of hydrogen-bond acceptors (Lipinski definition) is 2. The lowest BCUT2D eigenvalue weighted by Crippen LogP contribution is -2.10. The van der Waals surface area contributed by atoms with Crippen molar-refractivity contribution in [3.8, 4) is 0 Å². The van der Waals surface area contributed by atoms with Crippen LogP contribution in [0.1, 0.15) is 23.9 Å². The predicted molar refractivity (Wildman–Crippen MR) is 55.3 cm³/mol. The van der Waals surface area contributed by atoms with Gasteiger partial charge in [0.25, 0.3) is 0 Å². The third-order valence-electron chi connectivity index (χ3n) is 2.04. The van der Waals surface area contributed by atoms with E-state index >= 15 is 0 Å². The minimum Gasteiger partial charge on any atom is -0.478 e. The van der Waals surface area contributed by atoms with Gasteiger partial charge in [-0.1, -0.05) is 13.0 Å². The highest BCUT2D eigenvalue weighted by molar-refractivity contribution is 5.85. The fourth-order valence-corrected chi connectivity index (χ4v) is 1.27. The topological polar surface area (TPSA) is 50.2 Å². The molecule has 0 fully saturated rings. The Morgan fingerprint density at radius 1 is 1.47 bits per heavy atom. The molecule has 92 valence electrons. The Morgan fingerprint density at radius 2 is 2.12 bits per heavy atom. The van der Waals surface area contributed by atoms with Gasteiger partial charge in [-0.05, 0) is 24.1 Å². The maximum Gasteiger partial charge on any atom is 0.433 e. The van der Waals surface area contributed by atoms with Gasteiger partial charge >= 0.3 is 12.1 Å². The van der Waals surface area contributed by atoms with Crippen LogP contribution in [0.2, 0.25) is 0 Å². The molecule has 6 heteroatoms. The number of rotatable bonds is 3. The molecule has 1 aromatic heterocycles. The lowest BCUT2D eigenvalue weighted by atomic mass is 10.1. The number of aliphatic carboxylic acids is 1. The highest BCUT2D eigenvalue weighted by Crippen LogP contribution is 2.28. The van der Waals surface area contributed by atoms with Crippen molar-refractivity contribution in [2.24, 2.45) is 0 Å². The first-order chi connectivity index (χ1) is 7.84. The van der Waals surface area contributed by atoms with Gasteiger partial charge in [0.1, 0.15) is 5.69 Å². The van der Waals surface area contributed by atoms with Gasteiger partial charge in [0.15, 0.2) is 0 Å². The summed E-state index contributed by atoms with van der Waals surface area (Å²) in [5.74, 6) is -1.16. The number of aryl methyl sites for hydroxylation is 1. The summed E-state index contributed by atoms with van der Waals surface area (Å²) in [7, 11) is 0. The molecule has 1 heterocycles. The predicted octanol–water partition coefficient (Wildman–Crippen LogP) is 2.76. The highest BCUT2D eigenvalue weighted by Gasteiger charge is 2.32. The number of carbonyl (C=O) groups is 1. The number of alkyl halides is 3. The van der Waals surface area contributed by atoms with Crippen molar-refractivity contribution < 1.29 is 23.1 Å². The molecule has 3 nitrogen and oxygen atoms in total. The van der Waals surface area contributed by atoms with Crippen molar-refractivity contribution in [2.45, 2.75) is 19.5 Å². The molecule has 0 radical (unpaired) electrons. The van der Waals surface area contributed by atoms with Crippen LogP contribution < -0.4 is 0 Å². The first-order valence-electron chi connectivity index (χ1n) is 4.82. The molecule has 0 spiro atoms. The van der Waals surface area contributed by atoms with Crippen LogP contribution in [0.5, 0.6) is 0 Å². The Labute approximate surface area is 95.6 Å². The molecule has 0 amide bonds. The van der Waals surface area contributed by atoms with Crippen molar-refractivity contribution in [3.63, 3.8) is 0 Å². The van der Waals surface area contributed by atoms with Crippen molar-refractivity contribution in [3.05, 3.63) is 35.2 Å². The Morgan fingerprint density at radius 3 is 2.59 bits per heavy atom. The smallest absolute Gasteiger partial charge is 0.433 e. The molecular weight excluding hydrogens is 235 g/mol. The standard InChI is InChI=1S/C11H10F3NO2/c1-2-8-7(4-6-10(16)17)3-5-9(15-8)11(12,13)14/h3-6H,2H2,1H3,(H,16,17). The average Bonchev–Trinajstić information content (AvgIpc) is 2.24. The molecule has 0 aliphatic rings. The van der Waals surface area contributed by atoms with Gasteiger partial charge in [-0.2, -0.15) is 13.2 Å². The quantitative estimate of drug-likeness (QED) is 0.833. The van der Waals surface area contributed by atoms with E-state index in [0.717, 1.165) is 12.1 Å². The fraction of sp³-hybridized carbons (Fsp3) is 0.273. The summed E-state index contributed by atoms with van der Waals surface area (Å²) >= 11 is 0. The lowest BCUT2D eigenvalue weighted by Gasteiger charge is -2.09. The summed E-state index contributed by atoms with van der Waals surface area (Å²) in [6.07, 6.45) is -2.10. The van der Waals surface area contributed by atoms with E-state index in [9.17, 15) is 18.0 Å². The van der Waals surface area contributed by atoms with E-state index in [1.807, 2.05) is 0 Å². The summed E-state index contributed by atoms with van der Waals surface area (Å²) in [6, 6.07) is 2.05. The molecule has 0 unspecified atom stereocenters. The zero-order chi connectivity index (χ0) is 13.1. The number of hydrogen-bond donors (Lipinski definition) is 1. The number of nitrogens with zero attached hydrogens (tertiary/aromatic N) is 1. The molecule has 0 saturated heterocycles. The molecule has 1 rings (SSSR count). The van der Waals surface area contributed by atoms with Crippen LogP contribution in [-0.4, -0.2) is 16.1 Å². The highest BCUT2D eigenvalue weighted by atomic mass is 19.4. The van der Waals surface area contributed by atoms with E-state index in [2.05, 4.69) is 4.98 Å². The van der Waals surface area contributed by atoms with Crippen molar-refractivity contribution in [1.82, 2.24) is 4.98 Å². The van der Waals surface area contributed by atoms with Crippen molar-refractivity contribution >= 4 is 12.0 Å². The third kappa shape index (κ3) is 3.58. The zero-order valence-electron chi connectivity index (χ0n) is 8.95. The number of aromatic nitrogens is 1. The van der Waals surface area contributed by atoms with Crippen LogP contribution in [0.25, 0.3) is 6.08 Å². The van der Waals surface area contributed by atoms with E-state index in [-0.39, 0.29) is 5.69 Å². The van der Waals surface area contributed by atoms with E-state index in [4.69, 9.17) is 5.11 Å². The molecule has 0 atom stereocenters. The van der Waals surface area contributed by atoms with Crippen LogP contribution in [0.4, 0.5) is 13.2 Å².